The zero-order valence-electron chi connectivity index (χ0n) is 11.8. The van der Waals surface area contributed by atoms with Crippen molar-refractivity contribution in [2.24, 2.45) is 0 Å². The molecule has 0 atom stereocenters. The average molecular weight is 257 g/mol. The molecule has 0 aromatic carbocycles. The van der Waals surface area contributed by atoms with E-state index in [-0.39, 0.29) is 5.91 Å². The van der Waals surface area contributed by atoms with Gasteiger partial charge in [0.25, 0.3) is 0 Å². The molecule has 0 radical (unpaired) electrons. The molecule has 1 aliphatic heterocycles. The second-order valence-electron chi connectivity index (χ2n) is 4.75. The highest BCUT2D eigenvalue weighted by molar-refractivity contribution is 5.78. The SMILES string of the molecule is CCCNCC(=O)N1CCCN(CCOC)CC1. The highest BCUT2D eigenvalue weighted by Crippen LogP contribution is 2.03. The van der Waals surface area contributed by atoms with Crippen LogP contribution in [0.4, 0.5) is 0 Å². The molecule has 1 fully saturated rings. The van der Waals surface area contributed by atoms with Gasteiger partial charge in [-0.15, -0.1) is 0 Å². The van der Waals surface area contributed by atoms with E-state index in [0.29, 0.717) is 6.54 Å². The van der Waals surface area contributed by atoms with Crippen LogP contribution in [0, 0.1) is 0 Å². The standard InChI is InChI=1S/C13H27N3O2/c1-3-5-14-12-13(17)16-7-4-6-15(8-9-16)10-11-18-2/h14H,3-12H2,1-2H3. The second kappa shape index (κ2) is 9.30. The van der Waals surface area contributed by atoms with E-state index in [1.807, 2.05) is 4.90 Å². The lowest BCUT2D eigenvalue weighted by molar-refractivity contribution is -0.130. The number of rotatable bonds is 7. The summed E-state index contributed by atoms with van der Waals surface area (Å²) in [5.74, 6) is 0.233. The molecule has 1 aliphatic rings. The van der Waals surface area contributed by atoms with Crippen molar-refractivity contribution in [1.29, 1.82) is 0 Å². The molecule has 0 aliphatic carbocycles. The fraction of sp³-hybridized carbons (Fsp3) is 0.923. The first-order valence-corrected chi connectivity index (χ1v) is 6.97. The number of carbonyl (C=O) groups is 1. The topological polar surface area (TPSA) is 44.8 Å². The third-order valence-corrected chi connectivity index (χ3v) is 3.26. The molecular formula is C13H27N3O2. The van der Waals surface area contributed by atoms with Crippen molar-refractivity contribution in [3.8, 4) is 0 Å². The van der Waals surface area contributed by atoms with Gasteiger partial charge >= 0.3 is 0 Å². The van der Waals surface area contributed by atoms with Gasteiger partial charge in [0.15, 0.2) is 0 Å². The van der Waals surface area contributed by atoms with Crippen LogP contribution >= 0.6 is 0 Å². The van der Waals surface area contributed by atoms with Crippen LogP contribution < -0.4 is 5.32 Å². The molecule has 18 heavy (non-hydrogen) atoms. The van der Waals surface area contributed by atoms with E-state index >= 15 is 0 Å². The number of carbonyl (C=O) groups excluding carboxylic acids is 1. The van der Waals surface area contributed by atoms with Crippen molar-refractivity contribution in [2.45, 2.75) is 19.8 Å². The molecule has 1 rings (SSSR count). The molecule has 0 saturated carbocycles. The van der Waals surface area contributed by atoms with Crippen LogP contribution in [0.5, 0.6) is 0 Å². The Morgan fingerprint density at radius 3 is 2.83 bits per heavy atom. The molecule has 1 amide bonds. The van der Waals surface area contributed by atoms with Crippen molar-refractivity contribution in [2.75, 3.05) is 59.5 Å². The second-order valence-corrected chi connectivity index (χ2v) is 4.75. The smallest absolute Gasteiger partial charge is 0.236 e. The summed E-state index contributed by atoms with van der Waals surface area (Å²) in [7, 11) is 1.73. The van der Waals surface area contributed by atoms with Crippen LogP contribution in [-0.4, -0.2) is 75.2 Å². The van der Waals surface area contributed by atoms with Crippen LogP contribution in [0.15, 0.2) is 0 Å². The first kappa shape index (κ1) is 15.4. The first-order chi connectivity index (χ1) is 8.77. The number of amides is 1. The summed E-state index contributed by atoms with van der Waals surface area (Å²) in [5.41, 5.74) is 0. The first-order valence-electron chi connectivity index (χ1n) is 6.97. The fourth-order valence-electron chi connectivity index (χ4n) is 2.15. The average Bonchev–Trinajstić information content (AvgIpc) is 2.62. The molecule has 0 spiro atoms. The van der Waals surface area contributed by atoms with E-state index in [1.165, 1.54) is 0 Å². The Morgan fingerprint density at radius 1 is 1.28 bits per heavy atom. The Bertz CT molecular complexity index is 236. The van der Waals surface area contributed by atoms with E-state index in [2.05, 4.69) is 17.1 Å². The Balaban J connectivity index is 2.25. The Kier molecular flexibility index (Phi) is 7.96. The van der Waals surface area contributed by atoms with E-state index in [4.69, 9.17) is 4.74 Å². The number of methoxy groups -OCH3 is 1. The third-order valence-electron chi connectivity index (χ3n) is 3.26. The van der Waals surface area contributed by atoms with Gasteiger partial charge in [0.1, 0.15) is 0 Å². The van der Waals surface area contributed by atoms with Gasteiger partial charge in [-0.1, -0.05) is 6.92 Å². The van der Waals surface area contributed by atoms with Crippen molar-refractivity contribution in [1.82, 2.24) is 15.1 Å². The van der Waals surface area contributed by atoms with Crippen LogP contribution in [-0.2, 0) is 9.53 Å². The maximum Gasteiger partial charge on any atom is 0.236 e. The molecule has 5 nitrogen and oxygen atoms in total. The maximum atomic E-state index is 12.0. The minimum atomic E-state index is 0.233. The zero-order valence-corrected chi connectivity index (χ0v) is 11.8. The Morgan fingerprint density at radius 2 is 2.11 bits per heavy atom. The van der Waals surface area contributed by atoms with E-state index in [1.54, 1.807) is 7.11 Å². The summed E-state index contributed by atoms with van der Waals surface area (Å²) in [4.78, 5) is 16.3. The summed E-state index contributed by atoms with van der Waals surface area (Å²) in [6.07, 6.45) is 2.13. The number of hydrogen-bond donors (Lipinski definition) is 1. The molecule has 0 unspecified atom stereocenters. The summed E-state index contributed by atoms with van der Waals surface area (Å²) in [6, 6.07) is 0. The van der Waals surface area contributed by atoms with Crippen LogP contribution in [0.2, 0.25) is 0 Å². The monoisotopic (exact) mass is 257 g/mol. The summed E-state index contributed by atoms with van der Waals surface area (Å²) in [6.45, 7) is 8.99. The third kappa shape index (κ3) is 5.80. The summed E-state index contributed by atoms with van der Waals surface area (Å²) < 4.78 is 5.09. The highest BCUT2D eigenvalue weighted by Gasteiger charge is 2.18. The molecule has 0 bridgehead atoms. The minimum absolute atomic E-state index is 0.233. The number of hydrogen-bond acceptors (Lipinski definition) is 4. The molecule has 1 saturated heterocycles. The molecule has 5 heteroatoms. The molecule has 1 heterocycles. The number of ether oxygens (including phenoxy) is 1. The lowest BCUT2D eigenvalue weighted by Crippen LogP contribution is -2.40. The minimum Gasteiger partial charge on any atom is -0.383 e. The van der Waals surface area contributed by atoms with E-state index in [9.17, 15) is 4.79 Å². The zero-order chi connectivity index (χ0) is 13.2. The quantitative estimate of drug-likeness (QED) is 0.660. The fourth-order valence-corrected chi connectivity index (χ4v) is 2.15. The number of nitrogens with one attached hydrogen (secondary N) is 1. The lowest BCUT2D eigenvalue weighted by atomic mass is 10.3. The van der Waals surface area contributed by atoms with Gasteiger partial charge in [0.2, 0.25) is 5.91 Å². The van der Waals surface area contributed by atoms with Gasteiger partial charge in [-0.05, 0) is 25.9 Å². The van der Waals surface area contributed by atoms with Gasteiger partial charge in [-0.2, -0.15) is 0 Å². The van der Waals surface area contributed by atoms with E-state index < -0.39 is 0 Å². The Hall–Kier alpha value is -0.650. The Labute approximate surface area is 110 Å². The molecule has 0 aromatic heterocycles. The van der Waals surface area contributed by atoms with Crippen LogP contribution in [0.25, 0.3) is 0 Å². The normalized spacial score (nSPS) is 17.8. The van der Waals surface area contributed by atoms with Crippen molar-refractivity contribution < 1.29 is 9.53 Å². The molecular weight excluding hydrogens is 230 g/mol. The van der Waals surface area contributed by atoms with Gasteiger partial charge in [-0.3, -0.25) is 9.69 Å². The molecule has 106 valence electrons. The predicted octanol–water partition coefficient (Wildman–Crippen LogP) is 0.167. The largest absolute Gasteiger partial charge is 0.383 e. The molecule has 0 aromatic rings. The van der Waals surface area contributed by atoms with Crippen molar-refractivity contribution in [3.63, 3.8) is 0 Å². The van der Waals surface area contributed by atoms with E-state index in [0.717, 1.165) is 58.7 Å². The summed E-state index contributed by atoms with van der Waals surface area (Å²) >= 11 is 0. The van der Waals surface area contributed by atoms with Crippen molar-refractivity contribution >= 4 is 5.91 Å². The van der Waals surface area contributed by atoms with Crippen LogP contribution in [0.3, 0.4) is 0 Å². The van der Waals surface area contributed by atoms with Crippen molar-refractivity contribution in [3.05, 3.63) is 0 Å². The lowest BCUT2D eigenvalue weighted by Gasteiger charge is -2.22. The van der Waals surface area contributed by atoms with Crippen LogP contribution in [0.1, 0.15) is 19.8 Å². The highest BCUT2D eigenvalue weighted by atomic mass is 16.5. The number of nitrogens with zero attached hydrogens (tertiary/aromatic N) is 2. The van der Waals surface area contributed by atoms with Gasteiger partial charge in [0, 0.05) is 33.3 Å². The van der Waals surface area contributed by atoms with Gasteiger partial charge in [-0.25, -0.2) is 0 Å². The van der Waals surface area contributed by atoms with Gasteiger partial charge < -0.3 is 15.0 Å². The summed E-state index contributed by atoms with van der Waals surface area (Å²) in [5, 5.41) is 3.17. The van der Waals surface area contributed by atoms with Gasteiger partial charge in [0.05, 0.1) is 13.2 Å². The molecule has 1 N–H and O–H groups in total. The maximum absolute atomic E-state index is 12.0. The predicted molar refractivity (Wildman–Crippen MR) is 72.7 cm³/mol.